The van der Waals surface area contributed by atoms with Gasteiger partial charge in [0.25, 0.3) is 5.56 Å². The maximum atomic E-state index is 12.3. The second-order valence-electron chi connectivity index (χ2n) is 5.80. The first kappa shape index (κ1) is 17.5. The Hall–Kier alpha value is -2.34. The molecule has 5 N–H and O–H groups in total. The maximum Gasteiger partial charge on any atom is 0.325 e. The average Bonchev–Trinajstić information content (AvgIpc) is 3.13. The van der Waals surface area contributed by atoms with Crippen molar-refractivity contribution in [2.24, 2.45) is 0 Å². The van der Waals surface area contributed by atoms with Crippen LogP contribution in [-0.2, 0) is 17.7 Å². The van der Waals surface area contributed by atoms with Crippen LogP contribution >= 0.6 is 0 Å². The van der Waals surface area contributed by atoms with Gasteiger partial charge in [0.05, 0.1) is 17.9 Å². The number of aromatic amines is 2. The van der Waals surface area contributed by atoms with Gasteiger partial charge in [0, 0.05) is 24.9 Å². The Morgan fingerprint density at radius 3 is 2.64 bits per heavy atom. The molecule has 2 aromatic rings. The number of aryl methyl sites for hydroxylation is 1. The predicted molar refractivity (Wildman–Crippen MR) is 82.9 cm³/mol. The van der Waals surface area contributed by atoms with E-state index in [2.05, 4.69) is 20.3 Å². The highest BCUT2D eigenvalue weighted by atomic mass is 16.6. The molecule has 1 saturated heterocycles. The van der Waals surface area contributed by atoms with E-state index in [4.69, 9.17) is 4.74 Å². The lowest BCUT2D eigenvalue weighted by Gasteiger charge is -2.16. The smallest absolute Gasteiger partial charge is 0.325 e. The molecule has 0 amide bonds. The minimum absolute atomic E-state index is 0.0202. The predicted octanol–water partition coefficient (Wildman–Crippen LogP) is -2.58. The minimum atomic E-state index is -1.42. The Balaban J connectivity index is 2.01. The molecule has 1 aliphatic heterocycles. The van der Waals surface area contributed by atoms with E-state index in [1.54, 1.807) is 10.9 Å². The van der Waals surface area contributed by atoms with Crippen molar-refractivity contribution in [3.63, 3.8) is 0 Å². The molecule has 0 aromatic carbocycles. The zero-order valence-electron chi connectivity index (χ0n) is 13.4. The molecule has 3 rings (SSSR count). The zero-order chi connectivity index (χ0) is 18.1. The molecule has 1 aliphatic rings. The fourth-order valence-corrected chi connectivity index (χ4v) is 2.88. The van der Waals surface area contributed by atoms with Crippen LogP contribution in [0.1, 0.15) is 30.0 Å². The van der Waals surface area contributed by atoms with Gasteiger partial charge in [-0.1, -0.05) is 5.21 Å². The van der Waals surface area contributed by atoms with Gasteiger partial charge in [0.1, 0.15) is 24.4 Å². The van der Waals surface area contributed by atoms with Gasteiger partial charge < -0.3 is 25.0 Å². The Morgan fingerprint density at radius 1 is 1.28 bits per heavy atom. The quantitative estimate of drug-likeness (QED) is 0.391. The monoisotopic (exact) mass is 353 g/mol. The first-order valence-corrected chi connectivity index (χ1v) is 7.81. The lowest BCUT2D eigenvalue weighted by atomic mass is 9.99. The number of nitrogens with one attached hydrogen (secondary N) is 2. The third-order valence-electron chi connectivity index (χ3n) is 4.16. The third kappa shape index (κ3) is 3.26. The second-order valence-corrected chi connectivity index (χ2v) is 5.80. The van der Waals surface area contributed by atoms with Crippen LogP contribution in [-0.4, -0.2) is 65.2 Å². The van der Waals surface area contributed by atoms with Crippen LogP contribution in [0.25, 0.3) is 0 Å². The van der Waals surface area contributed by atoms with E-state index in [9.17, 15) is 24.9 Å². The van der Waals surface area contributed by atoms with E-state index in [1.165, 1.54) is 0 Å². The standard InChI is InChI=1S/C14H19N5O6/c1-2-19-4-6(17-18-19)3-7-9(13(23)16-14(24)15-7)12-11(22)10(21)8(5-20)25-12/h4,8,10-12,20-22H,2-3,5H2,1H3,(H2,15,16,23,24). The lowest BCUT2D eigenvalue weighted by Crippen LogP contribution is -2.35. The Bertz CT molecular complexity index is 858. The van der Waals surface area contributed by atoms with Crippen molar-refractivity contribution in [2.75, 3.05) is 6.61 Å². The number of H-pyrrole nitrogens is 2. The minimum Gasteiger partial charge on any atom is -0.394 e. The first-order valence-electron chi connectivity index (χ1n) is 7.81. The molecule has 11 heteroatoms. The number of aliphatic hydroxyl groups excluding tert-OH is 3. The molecule has 4 unspecified atom stereocenters. The van der Waals surface area contributed by atoms with Crippen LogP contribution in [0.5, 0.6) is 0 Å². The van der Waals surface area contributed by atoms with Crippen molar-refractivity contribution < 1.29 is 20.1 Å². The second kappa shape index (κ2) is 6.88. The highest BCUT2D eigenvalue weighted by Gasteiger charge is 2.45. The summed E-state index contributed by atoms with van der Waals surface area (Å²) in [6.45, 7) is 1.98. The van der Waals surface area contributed by atoms with Gasteiger partial charge in [-0.25, -0.2) is 4.79 Å². The van der Waals surface area contributed by atoms with Gasteiger partial charge in [-0.05, 0) is 6.92 Å². The average molecular weight is 353 g/mol. The molecule has 1 fully saturated rings. The molecule has 0 aliphatic carbocycles. The molecule has 0 bridgehead atoms. The molecule has 25 heavy (non-hydrogen) atoms. The van der Waals surface area contributed by atoms with Crippen molar-refractivity contribution in [1.82, 2.24) is 25.0 Å². The van der Waals surface area contributed by atoms with Crippen molar-refractivity contribution in [3.8, 4) is 0 Å². The Morgan fingerprint density at radius 2 is 2.04 bits per heavy atom. The summed E-state index contributed by atoms with van der Waals surface area (Å²) in [4.78, 5) is 28.5. The van der Waals surface area contributed by atoms with Crippen LogP contribution in [0.2, 0.25) is 0 Å². The third-order valence-corrected chi connectivity index (χ3v) is 4.16. The normalized spacial score (nSPS) is 26.2. The summed E-state index contributed by atoms with van der Waals surface area (Å²) in [6.07, 6.45) is -3.24. The van der Waals surface area contributed by atoms with Gasteiger partial charge in [0.2, 0.25) is 0 Å². The summed E-state index contributed by atoms with van der Waals surface area (Å²) in [6, 6.07) is 0. The van der Waals surface area contributed by atoms with E-state index in [0.29, 0.717) is 12.2 Å². The fourth-order valence-electron chi connectivity index (χ4n) is 2.88. The molecular weight excluding hydrogens is 334 g/mol. The van der Waals surface area contributed by atoms with Crippen molar-refractivity contribution in [3.05, 3.63) is 44.0 Å². The summed E-state index contributed by atoms with van der Waals surface area (Å²) >= 11 is 0. The van der Waals surface area contributed by atoms with Gasteiger partial charge in [-0.15, -0.1) is 5.10 Å². The lowest BCUT2D eigenvalue weighted by molar-refractivity contribution is -0.0235. The number of ether oxygens (including phenoxy) is 1. The largest absolute Gasteiger partial charge is 0.394 e. The number of hydrogen-bond acceptors (Lipinski definition) is 8. The molecule has 0 radical (unpaired) electrons. The van der Waals surface area contributed by atoms with Gasteiger partial charge in [-0.2, -0.15) is 0 Å². The zero-order valence-corrected chi connectivity index (χ0v) is 13.4. The Kier molecular flexibility index (Phi) is 4.81. The van der Waals surface area contributed by atoms with Gasteiger partial charge in [0.15, 0.2) is 0 Å². The first-order chi connectivity index (χ1) is 11.9. The molecule has 11 nitrogen and oxygen atoms in total. The molecule has 3 heterocycles. The number of hydrogen-bond donors (Lipinski definition) is 5. The maximum absolute atomic E-state index is 12.3. The number of rotatable bonds is 5. The fraction of sp³-hybridized carbons (Fsp3) is 0.571. The van der Waals surface area contributed by atoms with Crippen molar-refractivity contribution in [1.29, 1.82) is 0 Å². The van der Waals surface area contributed by atoms with E-state index < -0.39 is 42.3 Å². The number of nitrogens with zero attached hydrogens (tertiary/aromatic N) is 3. The van der Waals surface area contributed by atoms with E-state index >= 15 is 0 Å². The summed E-state index contributed by atoms with van der Waals surface area (Å²) in [5.41, 5.74) is -0.758. The van der Waals surface area contributed by atoms with E-state index in [-0.39, 0.29) is 17.7 Å². The summed E-state index contributed by atoms with van der Waals surface area (Å²) in [7, 11) is 0. The molecule has 2 aromatic heterocycles. The number of aromatic nitrogens is 5. The summed E-state index contributed by atoms with van der Waals surface area (Å²) < 4.78 is 7.00. The molecule has 136 valence electrons. The molecule has 4 atom stereocenters. The topological polar surface area (TPSA) is 166 Å². The van der Waals surface area contributed by atoms with E-state index in [1.807, 2.05) is 6.92 Å². The van der Waals surface area contributed by atoms with Gasteiger partial charge in [-0.3, -0.25) is 14.5 Å². The van der Waals surface area contributed by atoms with Crippen LogP contribution < -0.4 is 11.2 Å². The Labute approximate surface area is 140 Å². The highest BCUT2D eigenvalue weighted by molar-refractivity contribution is 5.26. The van der Waals surface area contributed by atoms with Crippen LogP contribution in [0.3, 0.4) is 0 Å². The number of aliphatic hydroxyl groups is 3. The SMILES string of the molecule is CCn1cc(Cc2[nH]c(=O)[nH]c(=O)c2C2OC(CO)C(O)C2O)nn1. The van der Waals surface area contributed by atoms with Crippen LogP contribution in [0.4, 0.5) is 0 Å². The van der Waals surface area contributed by atoms with Crippen LogP contribution in [0, 0.1) is 0 Å². The summed E-state index contributed by atoms with van der Waals surface area (Å²) in [5.74, 6) is 0. The van der Waals surface area contributed by atoms with Gasteiger partial charge >= 0.3 is 5.69 Å². The molecule has 0 saturated carbocycles. The molecular formula is C14H19N5O6. The highest BCUT2D eigenvalue weighted by Crippen LogP contribution is 2.33. The van der Waals surface area contributed by atoms with E-state index in [0.717, 1.165) is 0 Å². The summed E-state index contributed by atoms with van der Waals surface area (Å²) in [5, 5.41) is 37.1. The van der Waals surface area contributed by atoms with Crippen molar-refractivity contribution in [2.45, 2.75) is 44.3 Å². The van der Waals surface area contributed by atoms with Crippen molar-refractivity contribution >= 4 is 0 Å². The molecule has 0 spiro atoms. The van der Waals surface area contributed by atoms with Crippen LogP contribution in [0.15, 0.2) is 15.8 Å².